The molecule has 0 spiro atoms. The number of carbonyl (C=O) groups is 1. The summed E-state index contributed by atoms with van der Waals surface area (Å²) in [7, 11) is 1.61. The molecule has 1 aromatic rings. The van der Waals surface area contributed by atoms with Crippen molar-refractivity contribution in [3.8, 4) is 0 Å². The number of hydrogen-bond donors (Lipinski definition) is 2. The Balaban J connectivity index is 2.11. The highest BCUT2D eigenvalue weighted by Crippen LogP contribution is 2.09. The van der Waals surface area contributed by atoms with E-state index in [9.17, 15) is 4.79 Å². The Morgan fingerprint density at radius 1 is 1.26 bits per heavy atom. The first kappa shape index (κ1) is 15.4. The summed E-state index contributed by atoms with van der Waals surface area (Å²) in [4.78, 5) is 11.4. The summed E-state index contributed by atoms with van der Waals surface area (Å²) < 4.78 is 4.86. The van der Waals surface area contributed by atoms with Crippen LogP contribution < -0.4 is 10.6 Å². The third-order valence-electron chi connectivity index (χ3n) is 2.68. The van der Waals surface area contributed by atoms with Crippen LogP contribution in [0.5, 0.6) is 0 Å². The first-order chi connectivity index (χ1) is 9.24. The SMILES string of the molecule is C=C(CNCCC(=O)NCCOC)c1ccccc1. The van der Waals surface area contributed by atoms with E-state index < -0.39 is 0 Å². The molecule has 0 unspecified atom stereocenters. The van der Waals surface area contributed by atoms with E-state index in [4.69, 9.17) is 4.74 Å². The summed E-state index contributed by atoms with van der Waals surface area (Å²) in [6.07, 6.45) is 0.464. The van der Waals surface area contributed by atoms with E-state index in [-0.39, 0.29) is 5.91 Å². The van der Waals surface area contributed by atoms with Crippen LogP contribution in [0.25, 0.3) is 5.57 Å². The van der Waals surface area contributed by atoms with E-state index in [1.165, 1.54) is 0 Å². The lowest BCUT2D eigenvalue weighted by Gasteiger charge is -2.08. The quantitative estimate of drug-likeness (QED) is 0.662. The van der Waals surface area contributed by atoms with Crippen LogP contribution in [-0.4, -0.2) is 39.3 Å². The zero-order chi connectivity index (χ0) is 13.9. The summed E-state index contributed by atoms with van der Waals surface area (Å²) in [5, 5.41) is 5.99. The predicted octanol–water partition coefficient (Wildman–Crippen LogP) is 1.44. The summed E-state index contributed by atoms with van der Waals surface area (Å²) >= 11 is 0. The number of methoxy groups -OCH3 is 1. The number of hydrogen-bond acceptors (Lipinski definition) is 3. The van der Waals surface area contributed by atoms with E-state index in [1.807, 2.05) is 30.3 Å². The first-order valence-corrected chi connectivity index (χ1v) is 6.43. The van der Waals surface area contributed by atoms with Crippen LogP contribution in [0.3, 0.4) is 0 Å². The Bertz CT molecular complexity index is 390. The summed E-state index contributed by atoms with van der Waals surface area (Å²) in [5.74, 6) is 0.0369. The Morgan fingerprint density at radius 3 is 2.68 bits per heavy atom. The van der Waals surface area contributed by atoms with Crippen molar-refractivity contribution in [3.63, 3.8) is 0 Å². The molecule has 0 radical (unpaired) electrons. The summed E-state index contributed by atoms with van der Waals surface area (Å²) in [6, 6.07) is 10.0. The number of amides is 1. The molecule has 0 aromatic heterocycles. The smallest absolute Gasteiger partial charge is 0.221 e. The van der Waals surface area contributed by atoms with Gasteiger partial charge in [-0.2, -0.15) is 0 Å². The van der Waals surface area contributed by atoms with Gasteiger partial charge < -0.3 is 15.4 Å². The molecular weight excluding hydrogens is 240 g/mol. The van der Waals surface area contributed by atoms with E-state index in [0.29, 0.717) is 32.7 Å². The molecule has 1 amide bonds. The highest BCUT2D eigenvalue weighted by molar-refractivity contribution is 5.76. The molecule has 0 saturated heterocycles. The van der Waals surface area contributed by atoms with Crippen LogP contribution in [-0.2, 0) is 9.53 Å². The Morgan fingerprint density at radius 2 is 2.00 bits per heavy atom. The zero-order valence-electron chi connectivity index (χ0n) is 11.4. The van der Waals surface area contributed by atoms with Crippen LogP contribution in [0.15, 0.2) is 36.9 Å². The number of benzene rings is 1. The zero-order valence-corrected chi connectivity index (χ0v) is 11.4. The molecule has 0 aliphatic carbocycles. The van der Waals surface area contributed by atoms with Crippen molar-refractivity contribution in [1.29, 1.82) is 0 Å². The highest BCUT2D eigenvalue weighted by atomic mass is 16.5. The van der Waals surface area contributed by atoms with Gasteiger partial charge in [-0.1, -0.05) is 36.9 Å². The lowest BCUT2D eigenvalue weighted by Crippen LogP contribution is -2.30. The predicted molar refractivity (Wildman–Crippen MR) is 77.8 cm³/mol. The van der Waals surface area contributed by atoms with Gasteiger partial charge in [0.1, 0.15) is 0 Å². The van der Waals surface area contributed by atoms with Crippen molar-refractivity contribution >= 4 is 11.5 Å². The van der Waals surface area contributed by atoms with Crippen molar-refractivity contribution in [2.45, 2.75) is 6.42 Å². The molecule has 0 heterocycles. The second-order valence-corrected chi connectivity index (χ2v) is 4.24. The van der Waals surface area contributed by atoms with Gasteiger partial charge in [-0.15, -0.1) is 0 Å². The van der Waals surface area contributed by atoms with Crippen LogP contribution in [0.1, 0.15) is 12.0 Å². The topological polar surface area (TPSA) is 50.4 Å². The molecule has 19 heavy (non-hydrogen) atoms. The van der Waals surface area contributed by atoms with Gasteiger partial charge in [0.25, 0.3) is 0 Å². The minimum absolute atomic E-state index is 0.0369. The number of nitrogens with one attached hydrogen (secondary N) is 2. The third kappa shape index (κ3) is 6.74. The van der Waals surface area contributed by atoms with Crippen LogP contribution in [0, 0.1) is 0 Å². The van der Waals surface area contributed by atoms with Crippen molar-refractivity contribution in [3.05, 3.63) is 42.5 Å². The Labute approximate surface area is 114 Å². The van der Waals surface area contributed by atoms with Gasteiger partial charge in [0, 0.05) is 33.2 Å². The molecule has 0 aliphatic rings. The Hall–Kier alpha value is -1.65. The fourth-order valence-electron chi connectivity index (χ4n) is 1.60. The van der Waals surface area contributed by atoms with Crippen LogP contribution in [0.4, 0.5) is 0 Å². The first-order valence-electron chi connectivity index (χ1n) is 6.43. The second-order valence-electron chi connectivity index (χ2n) is 4.24. The van der Waals surface area contributed by atoms with Crippen molar-refractivity contribution < 1.29 is 9.53 Å². The largest absolute Gasteiger partial charge is 0.383 e. The minimum Gasteiger partial charge on any atom is -0.383 e. The van der Waals surface area contributed by atoms with Crippen molar-refractivity contribution in [2.24, 2.45) is 0 Å². The number of ether oxygens (including phenoxy) is 1. The van der Waals surface area contributed by atoms with Crippen LogP contribution in [0.2, 0.25) is 0 Å². The maximum Gasteiger partial charge on any atom is 0.221 e. The molecule has 0 fully saturated rings. The van der Waals surface area contributed by atoms with Gasteiger partial charge in [0.05, 0.1) is 6.61 Å². The number of rotatable bonds is 9. The summed E-state index contributed by atoms with van der Waals surface area (Å²) in [6.45, 7) is 6.46. The molecule has 4 heteroatoms. The monoisotopic (exact) mass is 262 g/mol. The van der Waals surface area contributed by atoms with E-state index in [0.717, 1.165) is 11.1 Å². The average molecular weight is 262 g/mol. The highest BCUT2D eigenvalue weighted by Gasteiger charge is 2.01. The number of carbonyl (C=O) groups excluding carboxylic acids is 1. The average Bonchev–Trinajstić information content (AvgIpc) is 2.44. The normalized spacial score (nSPS) is 10.2. The molecular formula is C15H22N2O2. The molecule has 2 N–H and O–H groups in total. The van der Waals surface area contributed by atoms with Crippen molar-refractivity contribution in [2.75, 3.05) is 33.4 Å². The van der Waals surface area contributed by atoms with Gasteiger partial charge in [0.2, 0.25) is 5.91 Å². The lowest BCUT2D eigenvalue weighted by atomic mass is 10.1. The third-order valence-corrected chi connectivity index (χ3v) is 2.68. The summed E-state index contributed by atoms with van der Waals surface area (Å²) in [5.41, 5.74) is 2.15. The maximum absolute atomic E-state index is 11.4. The molecule has 0 atom stereocenters. The van der Waals surface area contributed by atoms with Gasteiger partial charge in [-0.05, 0) is 11.1 Å². The maximum atomic E-state index is 11.4. The standard InChI is InChI=1S/C15H22N2O2/c1-13(14-6-4-3-5-7-14)12-16-9-8-15(18)17-10-11-19-2/h3-7,16H,1,8-12H2,2H3,(H,17,18). The molecule has 1 rings (SSSR count). The van der Waals surface area contributed by atoms with Gasteiger partial charge in [-0.25, -0.2) is 0 Å². The molecule has 0 aliphatic heterocycles. The Kier molecular flexibility index (Phi) is 7.54. The fourth-order valence-corrected chi connectivity index (χ4v) is 1.60. The second kappa shape index (κ2) is 9.30. The molecule has 4 nitrogen and oxygen atoms in total. The van der Waals surface area contributed by atoms with E-state index in [1.54, 1.807) is 7.11 Å². The molecule has 1 aromatic carbocycles. The van der Waals surface area contributed by atoms with E-state index >= 15 is 0 Å². The minimum atomic E-state index is 0.0369. The van der Waals surface area contributed by atoms with E-state index in [2.05, 4.69) is 17.2 Å². The van der Waals surface area contributed by atoms with Crippen molar-refractivity contribution in [1.82, 2.24) is 10.6 Å². The molecule has 0 bridgehead atoms. The molecule has 0 saturated carbocycles. The van der Waals surface area contributed by atoms with Gasteiger partial charge >= 0.3 is 0 Å². The van der Waals surface area contributed by atoms with Crippen LogP contribution >= 0.6 is 0 Å². The fraction of sp³-hybridized carbons (Fsp3) is 0.400. The lowest BCUT2D eigenvalue weighted by molar-refractivity contribution is -0.121. The van der Waals surface area contributed by atoms with Gasteiger partial charge in [-0.3, -0.25) is 4.79 Å². The van der Waals surface area contributed by atoms with Gasteiger partial charge in [0.15, 0.2) is 0 Å². The molecule has 104 valence electrons.